The third-order valence-corrected chi connectivity index (χ3v) is 4.96. The average molecular weight is 376 g/mol. The van der Waals surface area contributed by atoms with Crippen molar-refractivity contribution < 1.29 is 17.9 Å². The highest BCUT2D eigenvalue weighted by atomic mass is 32.2. The normalized spacial score (nSPS) is 11.2. The Morgan fingerprint density at radius 1 is 1.08 bits per heavy atom. The van der Waals surface area contributed by atoms with Gasteiger partial charge in [-0.25, -0.2) is 13.1 Å². The lowest BCUT2D eigenvalue weighted by molar-refractivity contribution is -0.120. The van der Waals surface area contributed by atoms with Gasteiger partial charge in [0.1, 0.15) is 5.75 Å². The number of hydrogen-bond acceptors (Lipinski definition) is 4. The minimum atomic E-state index is -3.65. The van der Waals surface area contributed by atoms with E-state index in [9.17, 15) is 13.2 Å². The molecule has 2 aromatic rings. The van der Waals surface area contributed by atoms with E-state index >= 15 is 0 Å². The first-order chi connectivity index (χ1) is 12.4. The summed E-state index contributed by atoms with van der Waals surface area (Å²) in [5.41, 5.74) is 2.65. The first kappa shape index (κ1) is 19.9. The van der Waals surface area contributed by atoms with Gasteiger partial charge in [-0.1, -0.05) is 48.0 Å². The Kier molecular flexibility index (Phi) is 7.17. The molecule has 6 nitrogen and oxygen atoms in total. The summed E-state index contributed by atoms with van der Waals surface area (Å²) in [5.74, 6) is -0.0922. The minimum Gasteiger partial charge on any atom is -0.494 e. The van der Waals surface area contributed by atoms with Gasteiger partial charge in [0.25, 0.3) is 0 Å². The summed E-state index contributed by atoms with van der Waals surface area (Å²) in [6, 6.07) is 14.7. The zero-order valence-electron chi connectivity index (χ0n) is 15.0. The second-order valence-electron chi connectivity index (χ2n) is 5.88. The van der Waals surface area contributed by atoms with Crippen LogP contribution in [-0.4, -0.2) is 27.5 Å². The molecule has 0 saturated heterocycles. The first-order valence-electron chi connectivity index (χ1n) is 8.40. The Bertz CT molecular complexity index is 833. The smallest absolute Gasteiger partial charge is 0.235 e. The van der Waals surface area contributed by atoms with Crippen molar-refractivity contribution in [2.45, 2.75) is 26.1 Å². The molecule has 1 amide bonds. The van der Waals surface area contributed by atoms with Crippen LogP contribution in [0.5, 0.6) is 5.75 Å². The largest absolute Gasteiger partial charge is 0.494 e. The highest BCUT2D eigenvalue weighted by Gasteiger charge is 2.16. The Morgan fingerprint density at radius 2 is 1.77 bits per heavy atom. The Hall–Kier alpha value is -2.38. The molecule has 0 bridgehead atoms. The maximum Gasteiger partial charge on any atom is 0.235 e. The molecule has 0 atom stereocenters. The van der Waals surface area contributed by atoms with Crippen molar-refractivity contribution in [1.82, 2.24) is 10.0 Å². The van der Waals surface area contributed by atoms with Gasteiger partial charge < -0.3 is 10.1 Å². The maximum absolute atomic E-state index is 12.2. The number of nitrogens with one attached hydrogen (secondary N) is 2. The summed E-state index contributed by atoms with van der Waals surface area (Å²) < 4.78 is 32.2. The fourth-order valence-corrected chi connectivity index (χ4v) is 3.42. The van der Waals surface area contributed by atoms with Gasteiger partial charge >= 0.3 is 0 Å². The highest BCUT2D eigenvalue weighted by molar-refractivity contribution is 7.88. The van der Waals surface area contributed by atoms with Crippen molar-refractivity contribution in [3.8, 4) is 5.75 Å². The molecule has 0 aliphatic heterocycles. The summed E-state index contributed by atoms with van der Waals surface area (Å²) in [4.78, 5) is 11.9. The van der Waals surface area contributed by atoms with Gasteiger partial charge in [0.05, 0.1) is 18.9 Å². The predicted octanol–water partition coefficient (Wildman–Crippen LogP) is 2.13. The fraction of sp³-hybridized carbons (Fsp3) is 0.316. The summed E-state index contributed by atoms with van der Waals surface area (Å²) >= 11 is 0. The second kappa shape index (κ2) is 9.35. The highest BCUT2D eigenvalue weighted by Crippen LogP contribution is 2.20. The van der Waals surface area contributed by atoms with Gasteiger partial charge in [-0.2, -0.15) is 0 Å². The molecule has 0 aliphatic carbocycles. The quantitative estimate of drug-likeness (QED) is 0.702. The molecule has 2 rings (SSSR count). The summed E-state index contributed by atoms with van der Waals surface area (Å²) in [6.07, 6.45) is 0. The van der Waals surface area contributed by atoms with Crippen LogP contribution in [0.2, 0.25) is 0 Å². The van der Waals surface area contributed by atoms with E-state index in [2.05, 4.69) is 10.0 Å². The van der Waals surface area contributed by atoms with Crippen molar-refractivity contribution >= 4 is 15.9 Å². The number of aryl methyl sites for hydroxylation is 1. The monoisotopic (exact) mass is 376 g/mol. The van der Waals surface area contributed by atoms with Crippen molar-refractivity contribution in [2.24, 2.45) is 0 Å². The van der Waals surface area contributed by atoms with Crippen LogP contribution in [0.3, 0.4) is 0 Å². The van der Waals surface area contributed by atoms with Crippen molar-refractivity contribution in [3.05, 3.63) is 65.2 Å². The van der Waals surface area contributed by atoms with E-state index in [1.165, 1.54) is 0 Å². The van der Waals surface area contributed by atoms with Crippen LogP contribution in [0.15, 0.2) is 48.5 Å². The standard InChI is InChI=1S/C19H24N2O4S/c1-3-25-18-7-5-4-6-17(18)14-26(23,24)21-13-19(22)20-12-16-10-8-15(2)9-11-16/h4-11,21H,3,12-14H2,1-2H3,(H,20,22). The predicted molar refractivity (Wildman–Crippen MR) is 101 cm³/mol. The van der Waals surface area contributed by atoms with Crippen molar-refractivity contribution in [1.29, 1.82) is 0 Å². The van der Waals surface area contributed by atoms with E-state index in [1.807, 2.05) is 38.1 Å². The molecule has 0 unspecified atom stereocenters. The summed E-state index contributed by atoms with van der Waals surface area (Å²) in [7, 11) is -3.65. The molecular formula is C19H24N2O4S. The van der Waals surface area contributed by atoms with Crippen molar-refractivity contribution in [2.75, 3.05) is 13.2 Å². The third-order valence-electron chi connectivity index (χ3n) is 3.68. The maximum atomic E-state index is 12.2. The van der Waals surface area contributed by atoms with Gasteiger partial charge in [-0.15, -0.1) is 0 Å². The number of carbonyl (C=O) groups excluding carboxylic acids is 1. The van der Waals surface area contributed by atoms with Crippen LogP contribution in [0.1, 0.15) is 23.6 Å². The zero-order valence-corrected chi connectivity index (χ0v) is 15.8. The van der Waals surface area contributed by atoms with E-state index in [-0.39, 0.29) is 18.2 Å². The van der Waals surface area contributed by atoms with E-state index in [1.54, 1.807) is 24.3 Å². The van der Waals surface area contributed by atoms with Crippen LogP contribution in [0, 0.1) is 6.92 Å². The van der Waals surface area contributed by atoms with Gasteiger partial charge in [0.15, 0.2) is 0 Å². The fourth-order valence-electron chi connectivity index (χ4n) is 2.32. The lowest BCUT2D eigenvalue weighted by Gasteiger charge is -2.11. The second-order valence-corrected chi connectivity index (χ2v) is 7.69. The summed E-state index contributed by atoms with van der Waals surface area (Å²) in [5, 5.41) is 2.70. The molecular weight excluding hydrogens is 352 g/mol. The third kappa shape index (κ3) is 6.50. The molecule has 0 spiro atoms. The molecule has 2 aromatic carbocycles. The molecule has 2 N–H and O–H groups in total. The molecule has 0 heterocycles. The number of ether oxygens (including phenoxy) is 1. The number of para-hydroxylation sites is 1. The Balaban J connectivity index is 1.85. The number of carbonyl (C=O) groups is 1. The van der Waals surface area contributed by atoms with Crippen LogP contribution in [0.4, 0.5) is 0 Å². The van der Waals surface area contributed by atoms with E-state index in [0.717, 1.165) is 11.1 Å². The first-order valence-corrected chi connectivity index (χ1v) is 10.0. The van der Waals surface area contributed by atoms with Gasteiger partial charge in [-0.05, 0) is 25.5 Å². The SMILES string of the molecule is CCOc1ccccc1CS(=O)(=O)NCC(=O)NCc1ccc(C)cc1. The Labute approximate surface area is 154 Å². The van der Waals surface area contributed by atoms with Crippen LogP contribution >= 0.6 is 0 Å². The lowest BCUT2D eigenvalue weighted by Crippen LogP contribution is -2.37. The van der Waals surface area contributed by atoms with Gasteiger partial charge in [-0.3, -0.25) is 4.79 Å². The molecule has 26 heavy (non-hydrogen) atoms. The number of benzene rings is 2. The number of sulfonamides is 1. The topological polar surface area (TPSA) is 84.5 Å². The van der Waals surface area contributed by atoms with Crippen LogP contribution in [0.25, 0.3) is 0 Å². The van der Waals surface area contributed by atoms with Crippen LogP contribution in [-0.2, 0) is 27.1 Å². The molecule has 7 heteroatoms. The molecule has 140 valence electrons. The van der Waals surface area contributed by atoms with E-state index < -0.39 is 10.0 Å². The van der Waals surface area contributed by atoms with Gasteiger partial charge in [0, 0.05) is 12.1 Å². The Morgan fingerprint density at radius 3 is 2.46 bits per heavy atom. The average Bonchev–Trinajstić information content (AvgIpc) is 2.61. The molecule has 0 fully saturated rings. The van der Waals surface area contributed by atoms with E-state index in [4.69, 9.17) is 4.74 Å². The van der Waals surface area contributed by atoms with Crippen molar-refractivity contribution in [3.63, 3.8) is 0 Å². The zero-order chi connectivity index (χ0) is 19.0. The molecule has 0 radical (unpaired) electrons. The summed E-state index contributed by atoms with van der Waals surface area (Å²) in [6.45, 7) is 4.33. The number of amides is 1. The number of rotatable bonds is 9. The van der Waals surface area contributed by atoms with Gasteiger partial charge in [0.2, 0.25) is 15.9 Å². The lowest BCUT2D eigenvalue weighted by atomic mass is 10.1. The minimum absolute atomic E-state index is 0.242. The number of hydrogen-bond donors (Lipinski definition) is 2. The van der Waals surface area contributed by atoms with E-state index in [0.29, 0.717) is 24.5 Å². The molecule has 0 aliphatic rings. The van der Waals surface area contributed by atoms with Crippen LogP contribution < -0.4 is 14.8 Å². The molecule has 0 aromatic heterocycles. The molecule has 0 saturated carbocycles.